The normalized spacial score (nSPS) is 24.3. The number of likely N-dealkylation sites (tertiary alicyclic amines) is 1. The number of alkyl halides is 1. The maximum absolute atomic E-state index is 13.6. The minimum atomic E-state index is -1.32. The molecule has 1 aromatic rings. The summed E-state index contributed by atoms with van der Waals surface area (Å²) in [7, 11) is -1.32. The Bertz CT molecular complexity index is 943. The van der Waals surface area contributed by atoms with Gasteiger partial charge in [0.1, 0.15) is 6.61 Å². The maximum Gasteiger partial charge on any atom is 0.344 e. The van der Waals surface area contributed by atoms with E-state index >= 15 is 0 Å². The van der Waals surface area contributed by atoms with Crippen LogP contribution >= 0.6 is 11.6 Å². The van der Waals surface area contributed by atoms with E-state index < -0.39 is 38.4 Å². The van der Waals surface area contributed by atoms with Gasteiger partial charge in [-0.1, -0.05) is 69.3 Å². The first-order valence-corrected chi connectivity index (χ1v) is 15.2. The number of ketones is 1. The summed E-state index contributed by atoms with van der Waals surface area (Å²) in [5, 5.41) is 0. The van der Waals surface area contributed by atoms with Crippen molar-refractivity contribution in [3.63, 3.8) is 0 Å². The lowest BCUT2D eigenvalue weighted by atomic mass is 9.61. The summed E-state index contributed by atoms with van der Waals surface area (Å²) < 4.78 is 11.2. The second-order valence-corrected chi connectivity index (χ2v) is 13.4. The topological polar surface area (TPSA) is 72.9 Å². The Morgan fingerprint density at radius 1 is 1.29 bits per heavy atom. The van der Waals surface area contributed by atoms with E-state index in [4.69, 9.17) is 20.8 Å². The van der Waals surface area contributed by atoms with Crippen LogP contribution in [-0.4, -0.2) is 56.4 Å². The van der Waals surface area contributed by atoms with Crippen molar-refractivity contribution >= 4 is 38.3 Å². The van der Waals surface area contributed by atoms with Gasteiger partial charge in [-0.15, -0.1) is 0 Å². The average molecular weight is 506 g/mol. The Kier molecular flexibility index (Phi) is 8.42. The first-order chi connectivity index (χ1) is 16.0. The quantitative estimate of drug-likeness (QED) is 0.125. The fourth-order valence-electron chi connectivity index (χ4n) is 5.13. The summed E-state index contributed by atoms with van der Waals surface area (Å²) in [5.74, 6) is -1.94. The number of aryl methyl sites for hydroxylation is 1. The number of amides is 1. The van der Waals surface area contributed by atoms with Crippen molar-refractivity contribution in [2.75, 3.05) is 13.2 Å². The van der Waals surface area contributed by atoms with Crippen molar-refractivity contribution in [2.24, 2.45) is 23.2 Å². The van der Waals surface area contributed by atoms with Crippen LogP contribution in [0, 0.1) is 23.2 Å². The van der Waals surface area contributed by atoms with Crippen LogP contribution in [0.1, 0.15) is 43.1 Å². The summed E-state index contributed by atoms with van der Waals surface area (Å²) in [6, 6.07) is 7.11. The molecule has 186 valence electrons. The minimum Gasteiger partial charge on any atom is -0.459 e. The molecule has 0 saturated carbocycles. The third kappa shape index (κ3) is 5.31. The third-order valence-corrected chi connectivity index (χ3v) is 8.17. The molecular weight excluding hydrogens is 470 g/mol. The van der Waals surface area contributed by atoms with Gasteiger partial charge < -0.3 is 14.1 Å². The van der Waals surface area contributed by atoms with Gasteiger partial charge in [0.2, 0.25) is 11.4 Å². The van der Waals surface area contributed by atoms with Crippen LogP contribution in [0.15, 0.2) is 36.9 Å². The Hall–Kier alpha value is -1.96. The molecule has 1 fully saturated rings. The number of benzene rings is 1. The van der Waals surface area contributed by atoms with Crippen LogP contribution < -0.4 is 0 Å². The lowest BCUT2D eigenvalue weighted by Gasteiger charge is -2.56. The van der Waals surface area contributed by atoms with E-state index in [1.807, 2.05) is 24.3 Å². The number of rotatable bonds is 9. The van der Waals surface area contributed by atoms with Crippen molar-refractivity contribution in [3.05, 3.63) is 48.0 Å². The minimum absolute atomic E-state index is 0.00416. The predicted molar refractivity (Wildman–Crippen MR) is 135 cm³/mol. The molecule has 0 radical (unpaired) electrons. The second kappa shape index (κ2) is 10.8. The molecule has 1 saturated heterocycles. The zero-order chi connectivity index (χ0) is 25.2. The van der Waals surface area contributed by atoms with Gasteiger partial charge in [0.25, 0.3) is 0 Å². The molecule has 6 nitrogen and oxygen atoms in total. The SMILES string of the molecule is C=CCOC(=O)C(Cl)N1C(=O)[C@@H]([C@@H](CO[SiH](C)C)C(C)(C)C)[C@H]1[C@H]1CCc2ccccc2C1=O. The highest BCUT2D eigenvalue weighted by molar-refractivity contribution is 6.48. The number of carbonyl (C=O) groups excluding carboxylic acids is 3. The number of halogens is 1. The molecule has 34 heavy (non-hydrogen) atoms. The van der Waals surface area contributed by atoms with Gasteiger partial charge in [-0.2, -0.15) is 0 Å². The summed E-state index contributed by atoms with van der Waals surface area (Å²) in [6.45, 7) is 14.4. The maximum atomic E-state index is 13.6. The van der Waals surface area contributed by atoms with E-state index in [0.717, 1.165) is 12.0 Å². The van der Waals surface area contributed by atoms with Gasteiger partial charge in [0.05, 0.1) is 12.0 Å². The van der Waals surface area contributed by atoms with Crippen molar-refractivity contribution in [1.82, 2.24) is 4.90 Å². The number of carbonyl (C=O) groups is 3. The number of Topliss-reactive ketones (excluding diaryl/α,β-unsaturated/α-hetero) is 1. The zero-order valence-corrected chi connectivity index (χ0v) is 22.7. The Balaban J connectivity index is 1.98. The Labute approximate surface area is 209 Å². The van der Waals surface area contributed by atoms with Crippen molar-refractivity contribution < 1.29 is 23.5 Å². The van der Waals surface area contributed by atoms with E-state index in [1.54, 1.807) is 0 Å². The first-order valence-electron chi connectivity index (χ1n) is 12.0. The van der Waals surface area contributed by atoms with Gasteiger partial charge in [-0.25, -0.2) is 4.79 Å². The molecule has 1 aromatic carbocycles. The zero-order valence-electron chi connectivity index (χ0n) is 20.8. The van der Waals surface area contributed by atoms with Crippen LogP contribution in [0.4, 0.5) is 0 Å². The third-order valence-electron chi connectivity index (χ3n) is 6.92. The fraction of sp³-hybridized carbons (Fsp3) is 0.577. The molecule has 0 aromatic heterocycles. The van der Waals surface area contributed by atoms with Gasteiger partial charge >= 0.3 is 5.97 Å². The summed E-state index contributed by atoms with van der Waals surface area (Å²) in [4.78, 5) is 41.1. The smallest absolute Gasteiger partial charge is 0.344 e. The molecule has 1 amide bonds. The molecule has 0 spiro atoms. The van der Waals surface area contributed by atoms with Crippen LogP contribution in [0.5, 0.6) is 0 Å². The fourth-order valence-corrected chi connectivity index (χ4v) is 6.01. The number of β-lactam (4-membered cyclic amide) rings is 1. The summed E-state index contributed by atoms with van der Waals surface area (Å²) >= 11 is 6.50. The van der Waals surface area contributed by atoms with E-state index in [0.29, 0.717) is 18.6 Å². The molecule has 3 rings (SSSR count). The Morgan fingerprint density at radius 2 is 1.97 bits per heavy atom. The molecule has 1 aliphatic heterocycles. The molecule has 0 N–H and O–H groups in total. The standard InChI is InChI=1S/C26H36ClNO5Si/c1-7-14-32-25(31)23(27)28-21(18-13-12-16-10-8-9-11-17(16)22(18)29)20(24(28)30)19(26(2,3)4)15-33-34(5)6/h7-11,18-21,23,34H,1,12-15H2,2-6H3/t18-,19-,20+,21-,23?/m1/s1. The van der Waals surface area contributed by atoms with E-state index in [9.17, 15) is 14.4 Å². The van der Waals surface area contributed by atoms with Crippen molar-refractivity contribution in [1.29, 1.82) is 0 Å². The molecule has 1 heterocycles. The number of esters is 1. The molecule has 1 aliphatic carbocycles. The number of hydrogen-bond acceptors (Lipinski definition) is 5. The lowest BCUT2D eigenvalue weighted by molar-refractivity contribution is -0.178. The predicted octanol–water partition coefficient (Wildman–Crippen LogP) is 4.22. The lowest BCUT2D eigenvalue weighted by Crippen LogP contribution is -2.71. The van der Waals surface area contributed by atoms with Crippen LogP contribution in [0.2, 0.25) is 13.1 Å². The second-order valence-electron chi connectivity index (χ2n) is 10.5. The molecule has 5 atom stereocenters. The van der Waals surface area contributed by atoms with E-state index in [-0.39, 0.29) is 29.6 Å². The number of hydrogen-bond donors (Lipinski definition) is 0. The number of fused-ring (bicyclic) bond motifs is 1. The molecule has 8 heteroatoms. The highest BCUT2D eigenvalue weighted by Gasteiger charge is 2.60. The molecule has 1 unspecified atom stereocenters. The van der Waals surface area contributed by atoms with Crippen molar-refractivity contribution in [3.8, 4) is 0 Å². The molecule has 2 aliphatic rings. The van der Waals surface area contributed by atoms with Crippen LogP contribution in [0.3, 0.4) is 0 Å². The molecule has 0 bridgehead atoms. The number of ether oxygens (including phenoxy) is 1. The van der Waals surface area contributed by atoms with Gasteiger partial charge in [0, 0.05) is 18.1 Å². The van der Waals surface area contributed by atoms with Crippen LogP contribution in [-0.2, 0) is 25.2 Å². The van der Waals surface area contributed by atoms with E-state index in [2.05, 4.69) is 40.4 Å². The van der Waals surface area contributed by atoms with Crippen molar-refractivity contribution in [2.45, 2.75) is 58.2 Å². The summed E-state index contributed by atoms with van der Waals surface area (Å²) in [6.07, 6.45) is 2.79. The van der Waals surface area contributed by atoms with Crippen LogP contribution in [0.25, 0.3) is 0 Å². The van der Waals surface area contributed by atoms with E-state index in [1.165, 1.54) is 11.0 Å². The monoisotopic (exact) mass is 505 g/mol. The first kappa shape index (κ1) is 26.6. The molecular formula is C26H36ClNO5Si. The average Bonchev–Trinajstić information content (AvgIpc) is 2.78. The highest BCUT2D eigenvalue weighted by atomic mass is 35.5. The van der Waals surface area contributed by atoms with Gasteiger partial charge in [-0.3, -0.25) is 9.59 Å². The highest BCUT2D eigenvalue weighted by Crippen LogP contribution is 2.48. The summed E-state index contributed by atoms with van der Waals surface area (Å²) in [5.41, 5.74) is 0.177. The Morgan fingerprint density at radius 3 is 2.59 bits per heavy atom. The van der Waals surface area contributed by atoms with Gasteiger partial charge in [-0.05, 0) is 42.8 Å². The number of nitrogens with zero attached hydrogens (tertiary/aromatic N) is 1. The van der Waals surface area contributed by atoms with Gasteiger partial charge in [0.15, 0.2) is 14.8 Å². The largest absolute Gasteiger partial charge is 0.459 e.